The number of hydrogen-bond donors (Lipinski definition) is 1. The van der Waals surface area contributed by atoms with Gasteiger partial charge in [0.05, 0.1) is 5.69 Å². The molecule has 0 spiro atoms. The van der Waals surface area contributed by atoms with E-state index in [0.717, 1.165) is 12.6 Å². The van der Waals surface area contributed by atoms with Crippen LogP contribution in [0.4, 0.5) is 5.13 Å². The summed E-state index contributed by atoms with van der Waals surface area (Å²) >= 11 is 1.80. The van der Waals surface area contributed by atoms with Crippen LogP contribution in [-0.4, -0.2) is 24.1 Å². The highest BCUT2D eigenvalue weighted by atomic mass is 32.1. The number of rotatable bonds is 4. The Morgan fingerprint density at radius 3 is 2.76 bits per heavy atom. The molecule has 1 aromatic heterocycles. The number of aromatic nitrogens is 1. The second-order valence-electron chi connectivity index (χ2n) is 5.18. The summed E-state index contributed by atoms with van der Waals surface area (Å²) in [7, 11) is 0. The second-order valence-corrected chi connectivity index (χ2v) is 6.01. The van der Waals surface area contributed by atoms with Crippen LogP contribution in [0, 0.1) is 0 Å². The Morgan fingerprint density at radius 2 is 2.00 bits per heavy atom. The lowest BCUT2D eigenvalue weighted by atomic mass is 10.2. The third-order valence-corrected chi connectivity index (χ3v) is 4.79. The molecule has 2 aliphatic rings. The highest BCUT2D eigenvalue weighted by Crippen LogP contribution is 2.24. The van der Waals surface area contributed by atoms with E-state index in [4.69, 9.17) is 4.98 Å². The Bertz CT molecular complexity index is 351. The summed E-state index contributed by atoms with van der Waals surface area (Å²) in [6, 6.07) is 0.743. The molecule has 4 heteroatoms. The molecule has 0 amide bonds. The number of thiazole rings is 1. The monoisotopic (exact) mass is 251 g/mol. The largest absolute Gasteiger partial charge is 0.348 e. The molecule has 2 heterocycles. The second kappa shape index (κ2) is 5.36. The molecule has 17 heavy (non-hydrogen) atoms. The smallest absolute Gasteiger partial charge is 0.185 e. The molecule has 0 bridgehead atoms. The fourth-order valence-corrected chi connectivity index (χ4v) is 3.69. The topological polar surface area (TPSA) is 28.2 Å². The molecule has 1 aromatic rings. The van der Waals surface area contributed by atoms with Crippen LogP contribution in [0.25, 0.3) is 0 Å². The minimum absolute atomic E-state index is 0.743. The standard InChI is InChI=1S/C13H21N3S/c1-2-6-11(5-1)14-9-12-10-17-13(15-12)16-7-3-4-8-16/h10-11,14H,1-9H2. The van der Waals surface area contributed by atoms with Gasteiger partial charge in [0.2, 0.25) is 0 Å². The van der Waals surface area contributed by atoms with Gasteiger partial charge in [-0.1, -0.05) is 12.8 Å². The van der Waals surface area contributed by atoms with Crippen molar-refractivity contribution in [3.05, 3.63) is 11.1 Å². The van der Waals surface area contributed by atoms with Gasteiger partial charge < -0.3 is 10.2 Å². The average molecular weight is 251 g/mol. The van der Waals surface area contributed by atoms with Gasteiger partial charge in [-0.3, -0.25) is 0 Å². The van der Waals surface area contributed by atoms with E-state index >= 15 is 0 Å². The van der Waals surface area contributed by atoms with Crippen molar-refractivity contribution in [3.8, 4) is 0 Å². The van der Waals surface area contributed by atoms with Crippen molar-refractivity contribution < 1.29 is 0 Å². The zero-order chi connectivity index (χ0) is 11.5. The predicted octanol–water partition coefficient (Wildman–Crippen LogP) is 2.78. The van der Waals surface area contributed by atoms with Crippen molar-refractivity contribution in [2.75, 3.05) is 18.0 Å². The molecule has 1 aliphatic carbocycles. The van der Waals surface area contributed by atoms with Crippen LogP contribution in [0.3, 0.4) is 0 Å². The fourth-order valence-electron chi connectivity index (χ4n) is 2.81. The SMILES string of the molecule is c1sc(N2CCCC2)nc1CNC1CCCC1. The molecule has 3 rings (SSSR count). The van der Waals surface area contributed by atoms with Gasteiger partial charge >= 0.3 is 0 Å². The highest BCUT2D eigenvalue weighted by molar-refractivity contribution is 7.13. The molecular weight excluding hydrogens is 230 g/mol. The first-order valence-electron chi connectivity index (χ1n) is 6.84. The summed E-state index contributed by atoms with van der Waals surface area (Å²) < 4.78 is 0. The van der Waals surface area contributed by atoms with Crippen molar-refractivity contribution in [2.24, 2.45) is 0 Å². The van der Waals surface area contributed by atoms with E-state index in [9.17, 15) is 0 Å². The first-order chi connectivity index (χ1) is 8.42. The first-order valence-corrected chi connectivity index (χ1v) is 7.72. The molecule has 1 saturated heterocycles. The van der Waals surface area contributed by atoms with Crippen molar-refractivity contribution >= 4 is 16.5 Å². The van der Waals surface area contributed by atoms with Crippen molar-refractivity contribution in [3.63, 3.8) is 0 Å². The lowest BCUT2D eigenvalue weighted by molar-refractivity contribution is 0.520. The summed E-state index contributed by atoms with van der Waals surface area (Å²) in [5.74, 6) is 0. The Morgan fingerprint density at radius 1 is 1.24 bits per heavy atom. The third kappa shape index (κ3) is 2.80. The Labute approximate surface area is 107 Å². The van der Waals surface area contributed by atoms with Gasteiger partial charge in [-0.2, -0.15) is 0 Å². The normalized spacial score (nSPS) is 21.5. The minimum atomic E-state index is 0.743. The average Bonchev–Trinajstić information content (AvgIpc) is 3.09. The summed E-state index contributed by atoms with van der Waals surface area (Å²) in [5.41, 5.74) is 1.23. The van der Waals surface area contributed by atoms with E-state index in [1.54, 1.807) is 11.3 Å². The van der Waals surface area contributed by atoms with Crippen LogP contribution >= 0.6 is 11.3 Å². The number of nitrogens with one attached hydrogen (secondary N) is 1. The van der Waals surface area contributed by atoms with E-state index in [1.165, 1.54) is 62.4 Å². The van der Waals surface area contributed by atoms with E-state index in [2.05, 4.69) is 15.6 Å². The fraction of sp³-hybridized carbons (Fsp3) is 0.769. The van der Waals surface area contributed by atoms with Gasteiger partial charge in [-0.05, 0) is 25.7 Å². The molecule has 1 aliphatic heterocycles. The molecule has 1 saturated carbocycles. The molecule has 0 atom stereocenters. The van der Waals surface area contributed by atoms with Gasteiger partial charge in [0, 0.05) is 31.1 Å². The van der Waals surface area contributed by atoms with Gasteiger partial charge in [-0.15, -0.1) is 11.3 Å². The van der Waals surface area contributed by atoms with Crippen molar-refractivity contribution in [1.29, 1.82) is 0 Å². The Balaban J connectivity index is 1.52. The number of anilines is 1. The first kappa shape index (κ1) is 11.5. The van der Waals surface area contributed by atoms with Crippen LogP contribution in [0.1, 0.15) is 44.2 Å². The van der Waals surface area contributed by atoms with Crippen LogP contribution < -0.4 is 10.2 Å². The van der Waals surface area contributed by atoms with E-state index in [1.807, 2.05) is 0 Å². The Hall–Kier alpha value is -0.610. The van der Waals surface area contributed by atoms with E-state index in [0.29, 0.717) is 0 Å². The highest BCUT2D eigenvalue weighted by Gasteiger charge is 2.17. The molecule has 0 radical (unpaired) electrons. The molecule has 94 valence electrons. The summed E-state index contributed by atoms with van der Waals surface area (Å²) in [4.78, 5) is 7.16. The van der Waals surface area contributed by atoms with Crippen LogP contribution in [0.2, 0.25) is 0 Å². The Kier molecular flexibility index (Phi) is 3.62. The molecule has 2 fully saturated rings. The molecule has 1 N–H and O–H groups in total. The summed E-state index contributed by atoms with van der Waals surface area (Å²) in [6.45, 7) is 3.35. The number of hydrogen-bond acceptors (Lipinski definition) is 4. The lowest BCUT2D eigenvalue weighted by Crippen LogP contribution is -2.25. The van der Waals surface area contributed by atoms with Crippen LogP contribution in [-0.2, 0) is 6.54 Å². The molecule has 0 aromatic carbocycles. The van der Waals surface area contributed by atoms with Gasteiger partial charge in [0.1, 0.15) is 0 Å². The maximum absolute atomic E-state index is 4.74. The predicted molar refractivity (Wildman–Crippen MR) is 72.7 cm³/mol. The van der Waals surface area contributed by atoms with Crippen molar-refractivity contribution in [1.82, 2.24) is 10.3 Å². The quantitative estimate of drug-likeness (QED) is 0.892. The maximum atomic E-state index is 4.74. The van der Waals surface area contributed by atoms with Gasteiger partial charge in [0.25, 0.3) is 0 Å². The zero-order valence-electron chi connectivity index (χ0n) is 10.3. The molecule has 0 unspecified atom stereocenters. The lowest BCUT2D eigenvalue weighted by Gasteiger charge is -2.12. The minimum Gasteiger partial charge on any atom is -0.348 e. The van der Waals surface area contributed by atoms with Crippen molar-refractivity contribution in [2.45, 2.75) is 51.1 Å². The maximum Gasteiger partial charge on any atom is 0.185 e. The van der Waals surface area contributed by atoms with Gasteiger partial charge in [-0.25, -0.2) is 4.98 Å². The zero-order valence-corrected chi connectivity index (χ0v) is 11.1. The van der Waals surface area contributed by atoms with Crippen LogP contribution in [0.15, 0.2) is 5.38 Å². The summed E-state index contributed by atoms with van der Waals surface area (Å²) in [5, 5.41) is 7.07. The molecular formula is C13H21N3S. The number of nitrogens with zero attached hydrogens (tertiary/aromatic N) is 2. The third-order valence-electron chi connectivity index (χ3n) is 3.84. The van der Waals surface area contributed by atoms with E-state index < -0.39 is 0 Å². The summed E-state index contributed by atoms with van der Waals surface area (Å²) in [6.07, 6.45) is 8.15. The van der Waals surface area contributed by atoms with E-state index in [-0.39, 0.29) is 0 Å². The van der Waals surface area contributed by atoms with Gasteiger partial charge in [0.15, 0.2) is 5.13 Å². The molecule has 3 nitrogen and oxygen atoms in total. The van der Waals surface area contributed by atoms with Crippen LogP contribution in [0.5, 0.6) is 0 Å².